The zero-order valence-electron chi connectivity index (χ0n) is 17.7. The van der Waals surface area contributed by atoms with Gasteiger partial charge in [-0.1, -0.05) is 35.9 Å². The lowest BCUT2D eigenvalue weighted by molar-refractivity contribution is -0.148. The van der Waals surface area contributed by atoms with E-state index in [-0.39, 0.29) is 12.2 Å². The van der Waals surface area contributed by atoms with Crippen molar-refractivity contribution in [2.45, 2.75) is 25.6 Å². The summed E-state index contributed by atoms with van der Waals surface area (Å²) >= 11 is 6.20. The lowest BCUT2D eigenvalue weighted by Gasteiger charge is -2.19. The first-order valence-electron chi connectivity index (χ1n) is 9.86. The number of carbonyl (C=O) groups excluding carboxylic acids is 1. The number of fused-ring (bicyclic) bond motifs is 1. The molecule has 32 heavy (non-hydrogen) atoms. The van der Waals surface area contributed by atoms with Gasteiger partial charge in [-0.15, -0.1) is 0 Å². The highest BCUT2D eigenvalue weighted by molar-refractivity contribution is 6.31. The molecule has 0 aliphatic carbocycles. The van der Waals surface area contributed by atoms with E-state index < -0.39 is 23.6 Å². The highest BCUT2D eigenvalue weighted by atomic mass is 35.5. The normalized spacial score (nSPS) is 16.8. The highest BCUT2D eigenvalue weighted by Crippen LogP contribution is 2.43. The van der Waals surface area contributed by atoms with Crippen molar-refractivity contribution in [3.05, 3.63) is 86.4 Å². The molecule has 0 saturated heterocycles. The maximum absolute atomic E-state index is 12.6. The SMILES string of the molecule is COC(=O)[C@@H]1Oc2cc(C)oc(=O)c2[C@H]1c1ccc(OCc2ccccc2Cl)c(OC)c1. The van der Waals surface area contributed by atoms with Crippen LogP contribution in [0.3, 0.4) is 0 Å². The molecule has 0 fully saturated rings. The Morgan fingerprint density at radius 2 is 1.88 bits per heavy atom. The van der Waals surface area contributed by atoms with E-state index in [1.165, 1.54) is 14.2 Å². The van der Waals surface area contributed by atoms with Crippen LogP contribution in [0.4, 0.5) is 0 Å². The van der Waals surface area contributed by atoms with Crippen LogP contribution in [0, 0.1) is 6.92 Å². The van der Waals surface area contributed by atoms with Crippen LogP contribution in [-0.4, -0.2) is 26.3 Å². The smallest absolute Gasteiger partial charge is 0.348 e. The molecule has 166 valence electrons. The Labute approximate surface area is 189 Å². The minimum Gasteiger partial charge on any atom is -0.493 e. The summed E-state index contributed by atoms with van der Waals surface area (Å²) in [5.41, 5.74) is 1.15. The molecule has 2 atom stereocenters. The van der Waals surface area contributed by atoms with Gasteiger partial charge < -0.3 is 23.4 Å². The fourth-order valence-corrected chi connectivity index (χ4v) is 3.93. The van der Waals surface area contributed by atoms with E-state index >= 15 is 0 Å². The molecule has 2 aromatic carbocycles. The van der Waals surface area contributed by atoms with E-state index in [1.807, 2.05) is 18.2 Å². The molecule has 2 heterocycles. The molecule has 3 aromatic rings. The molecule has 8 heteroatoms. The van der Waals surface area contributed by atoms with Gasteiger partial charge >= 0.3 is 11.6 Å². The molecule has 0 saturated carbocycles. The first-order valence-corrected chi connectivity index (χ1v) is 10.2. The van der Waals surface area contributed by atoms with Crippen LogP contribution >= 0.6 is 11.6 Å². The minimum atomic E-state index is -1.03. The first kappa shape index (κ1) is 21.8. The summed E-state index contributed by atoms with van der Waals surface area (Å²) in [4.78, 5) is 25.0. The maximum atomic E-state index is 12.6. The van der Waals surface area contributed by atoms with Crippen molar-refractivity contribution in [2.75, 3.05) is 14.2 Å². The van der Waals surface area contributed by atoms with Gasteiger partial charge in [-0.25, -0.2) is 9.59 Å². The van der Waals surface area contributed by atoms with Gasteiger partial charge in [-0.05, 0) is 30.7 Å². The number of benzene rings is 2. The highest BCUT2D eigenvalue weighted by Gasteiger charge is 2.44. The number of rotatable bonds is 6. The summed E-state index contributed by atoms with van der Waals surface area (Å²) in [5, 5.41) is 0.603. The third-order valence-corrected chi connectivity index (χ3v) is 5.63. The van der Waals surface area contributed by atoms with Crippen molar-refractivity contribution in [2.24, 2.45) is 0 Å². The van der Waals surface area contributed by atoms with E-state index in [1.54, 1.807) is 37.3 Å². The summed E-state index contributed by atoms with van der Waals surface area (Å²) in [6, 6.07) is 14.2. The fourth-order valence-electron chi connectivity index (χ4n) is 3.74. The quantitative estimate of drug-likeness (QED) is 0.512. The predicted molar refractivity (Wildman–Crippen MR) is 117 cm³/mol. The van der Waals surface area contributed by atoms with Crippen molar-refractivity contribution in [1.82, 2.24) is 0 Å². The second-order valence-electron chi connectivity index (χ2n) is 7.25. The largest absolute Gasteiger partial charge is 0.493 e. The zero-order chi connectivity index (χ0) is 22.8. The Hall–Kier alpha value is -3.45. The van der Waals surface area contributed by atoms with Crippen LogP contribution in [0.1, 0.15) is 28.4 Å². The lowest BCUT2D eigenvalue weighted by atomic mass is 9.88. The number of aryl methyl sites for hydroxylation is 1. The topological polar surface area (TPSA) is 84.2 Å². The van der Waals surface area contributed by atoms with E-state index in [9.17, 15) is 9.59 Å². The summed E-state index contributed by atoms with van der Waals surface area (Å²) in [7, 11) is 2.78. The van der Waals surface area contributed by atoms with Gasteiger partial charge in [-0.2, -0.15) is 0 Å². The van der Waals surface area contributed by atoms with Crippen LogP contribution in [0.2, 0.25) is 5.02 Å². The molecule has 1 aliphatic rings. The lowest BCUT2D eigenvalue weighted by Crippen LogP contribution is -2.31. The van der Waals surface area contributed by atoms with Gasteiger partial charge in [0.15, 0.2) is 11.5 Å². The fraction of sp³-hybridized carbons (Fsp3) is 0.250. The summed E-state index contributed by atoms with van der Waals surface area (Å²) < 4.78 is 27.4. The molecule has 1 aromatic heterocycles. The van der Waals surface area contributed by atoms with Gasteiger partial charge in [0.2, 0.25) is 6.10 Å². The number of halogens is 1. The van der Waals surface area contributed by atoms with Crippen molar-refractivity contribution in [3.8, 4) is 17.2 Å². The van der Waals surface area contributed by atoms with Gasteiger partial charge in [-0.3, -0.25) is 0 Å². The maximum Gasteiger partial charge on any atom is 0.348 e. The molecule has 4 rings (SSSR count). The summed E-state index contributed by atoms with van der Waals surface area (Å²) in [6.07, 6.45) is -1.03. The predicted octanol–water partition coefficient (Wildman–Crippen LogP) is 4.26. The molecule has 0 radical (unpaired) electrons. The number of ether oxygens (including phenoxy) is 4. The molecule has 0 spiro atoms. The molecule has 0 bridgehead atoms. The average Bonchev–Trinajstić information content (AvgIpc) is 3.17. The van der Waals surface area contributed by atoms with E-state index in [4.69, 9.17) is 35.0 Å². The van der Waals surface area contributed by atoms with E-state index in [0.717, 1.165) is 5.56 Å². The number of esters is 1. The van der Waals surface area contributed by atoms with Crippen molar-refractivity contribution in [1.29, 1.82) is 0 Å². The Morgan fingerprint density at radius 1 is 1.09 bits per heavy atom. The average molecular weight is 457 g/mol. The van der Waals surface area contributed by atoms with Crippen molar-refractivity contribution in [3.63, 3.8) is 0 Å². The number of methoxy groups -OCH3 is 2. The molecule has 0 amide bonds. The Kier molecular flexibility index (Phi) is 6.10. The van der Waals surface area contributed by atoms with E-state index in [2.05, 4.69) is 0 Å². The Morgan fingerprint density at radius 3 is 2.59 bits per heavy atom. The number of hydrogen-bond acceptors (Lipinski definition) is 7. The van der Waals surface area contributed by atoms with Gasteiger partial charge in [0.05, 0.1) is 25.7 Å². The zero-order valence-corrected chi connectivity index (χ0v) is 18.5. The molecular weight excluding hydrogens is 436 g/mol. The van der Waals surface area contributed by atoms with Crippen LogP contribution in [0.5, 0.6) is 17.2 Å². The minimum absolute atomic E-state index is 0.248. The molecule has 7 nitrogen and oxygen atoms in total. The molecule has 0 N–H and O–H groups in total. The van der Waals surface area contributed by atoms with Crippen LogP contribution in [-0.2, 0) is 16.1 Å². The van der Waals surface area contributed by atoms with Crippen molar-refractivity contribution >= 4 is 17.6 Å². The van der Waals surface area contributed by atoms with Crippen LogP contribution in [0.15, 0.2) is 57.7 Å². The van der Waals surface area contributed by atoms with Gasteiger partial charge in [0.25, 0.3) is 0 Å². The monoisotopic (exact) mass is 456 g/mol. The first-order chi connectivity index (χ1) is 15.4. The Bertz CT molecular complexity index is 1220. The van der Waals surface area contributed by atoms with Gasteiger partial charge in [0, 0.05) is 16.7 Å². The van der Waals surface area contributed by atoms with Crippen LogP contribution in [0.25, 0.3) is 0 Å². The Balaban J connectivity index is 1.70. The second-order valence-corrected chi connectivity index (χ2v) is 7.66. The standard InChI is InChI=1S/C24H21ClO7/c1-13-10-19-21(23(26)31-13)20(22(32-19)24(27)29-3)14-8-9-17(18(11-14)28-2)30-12-15-6-4-5-7-16(15)25/h4-11,20,22H,12H2,1-3H3/t20-,22-/m1/s1. The molecule has 1 aliphatic heterocycles. The third-order valence-electron chi connectivity index (χ3n) is 5.26. The third kappa shape index (κ3) is 4.03. The summed E-state index contributed by atoms with van der Waals surface area (Å²) in [6.45, 7) is 1.89. The number of hydrogen-bond donors (Lipinski definition) is 0. The van der Waals surface area contributed by atoms with Crippen LogP contribution < -0.4 is 19.8 Å². The van der Waals surface area contributed by atoms with Crippen molar-refractivity contribution < 1.29 is 28.2 Å². The second kappa shape index (κ2) is 8.96. The van der Waals surface area contributed by atoms with Gasteiger partial charge in [0.1, 0.15) is 18.1 Å². The number of carbonyl (C=O) groups is 1. The molecule has 0 unspecified atom stereocenters. The summed E-state index contributed by atoms with van der Waals surface area (Å²) in [5.74, 6) is 0.294. The van der Waals surface area contributed by atoms with E-state index in [0.29, 0.717) is 33.6 Å². The molecular formula is C24H21ClO7.